The lowest BCUT2D eigenvalue weighted by molar-refractivity contribution is 0.279. The van der Waals surface area contributed by atoms with Crippen LogP contribution in [0.3, 0.4) is 0 Å². The molecule has 0 fully saturated rings. The summed E-state index contributed by atoms with van der Waals surface area (Å²) in [4.78, 5) is 0. The normalized spacial score (nSPS) is 10.7. The van der Waals surface area contributed by atoms with E-state index in [4.69, 9.17) is 21.1 Å². The molecule has 2 N–H and O–H groups in total. The fraction of sp³-hybridized carbons (Fsp3) is 0.368. The molecule has 25 heavy (non-hydrogen) atoms. The zero-order chi connectivity index (χ0) is 18.1. The molecule has 6 heteroatoms. The van der Waals surface area contributed by atoms with Gasteiger partial charge < -0.3 is 20.1 Å². The van der Waals surface area contributed by atoms with Crippen LogP contribution in [0.1, 0.15) is 17.5 Å². The molecule has 0 aliphatic carbocycles. The number of hydrogen-bond acceptors (Lipinski definition) is 4. The molecule has 0 spiro atoms. The Hall–Kier alpha value is -1.82. The molecule has 0 amide bonds. The SMILES string of the molecule is CNCCCNCc1cc(Cl)c(OCc2ccccc2F)c(OC)c1. The Morgan fingerprint density at radius 3 is 2.68 bits per heavy atom. The van der Waals surface area contributed by atoms with Crippen molar-refractivity contribution in [3.8, 4) is 11.5 Å². The Morgan fingerprint density at radius 2 is 1.96 bits per heavy atom. The molecule has 2 aromatic carbocycles. The van der Waals surface area contributed by atoms with Crippen molar-refractivity contribution in [2.24, 2.45) is 0 Å². The second kappa shape index (κ2) is 10.2. The molecule has 0 radical (unpaired) electrons. The Kier molecular flexibility index (Phi) is 7.98. The first-order valence-corrected chi connectivity index (χ1v) is 8.61. The summed E-state index contributed by atoms with van der Waals surface area (Å²) in [6, 6.07) is 10.2. The lowest BCUT2D eigenvalue weighted by Crippen LogP contribution is -2.19. The summed E-state index contributed by atoms with van der Waals surface area (Å²) >= 11 is 6.35. The summed E-state index contributed by atoms with van der Waals surface area (Å²) in [5, 5.41) is 6.91. The molecule has 0 heterocycles. The highest BCUT2D eigenvalue weighted by molar-refractivity contribution is 6.32. The molecule has 0 saturated heterocycles. The van der Waals surface area contributed by atoms with Gasteiger partial charge in [0.15, 0.2) is 11.5 Å². The quantitative estimate of drug-likeness (QED) is 0.628. The van der Waals surface area contributed by atoms with Crippen LogP contribution in [0.15, 0.2) is 36.4 Å². The van der Waals surface area contributed by atoms with E-state index in [2.05, 4.69) is 10.6 Å². The molecular weight excluding hydrogens is 343 g/mol. The topological polar surface area (TPSA) is 42.5 Å². The van der Waals surface area contributed by atoms with Crippen LogP contribution >= 0.6 is 11.6 Å². The second-order valence-electron chi connectivity index (χ2n) is 5.62. The van der Waals surface area contributed by atoms with E-state index in [1.807, 2.05) is 19.2 Å². The highest BCUT2D eigenvalue weighted by Crippen LogP contribution is 2.37. The Balaban J connectivity index is 2.02. The van der Waals surface area contributed by atoms with Gasteiger partial charge in [-0.3, -0.25) is 0 Å². The van der Waals surface area contributed by atoms with Crippen molar-refractivity contribution in [3.05, 3.63) is 58.4 Å². The third kappa shape index (κ3) is 5.88. The van der Waals surface area contributed by atoms with Gasteiger partial charge in [-0.15, -0.1) is 0 Å². The van der Waals surface area contributed by atoms with Gasteiger partial charge in [0, 0.05) is 12.1 Å². The van der Waals surface area contributed by atoms with E-state index < -0.39 is 0 Å². The van der Waals surface area contributed by atoms with Crippen LogP contribution < -0.4 is 20.1 Å². The van der Waals surface area contributed by atoms with Crippen molar-refractivity contribution in [2.75, 3.05) is 27.2 Å². The van der Waals surface area contributed by atoms with E-state index >= 15 is 0 Å². The fourth-order valence-electron chi connectivity index (χ4n) is 2.40. The zero-order valence-electron chi connectivity index (χ0n) is 14.6. The van der Waals surface area contributed by atoms with Gasteiger partial charge in [-0.1, -0.05) is 29.8 Å². The predicted molar refractivity (Wildman–Crippen MR) is 99.0 cm³/mol. The average molecular weight is 367 g/mol. The van der Waals surface area contributed by atoms with Crippen molar-refractivity contribution in [3.63, 3.8) is 0 Å². The summed E-state index contributed by atoms with van der Waals surface area (Å²) in [5.41, 5.74) is 1.47. The van der Waals surface area contributed by atoms with Crippen LogP contribution in [-0.4, -0.2) is 27.2 Å². The van der Waals surface area contributed by atoms with E-state index in [1.165, 1.54) is 6.07 Å². The van der Waals surface area contributed by atoms with Gasteiger partial charge in [0.05, 0.1) is 12.1 Å². The molecule has 0 unspecified atom stereocenters. The lowest BCUT2D eigenvalue weighted by atomic mass is 10.2. The Morgan fingerprint density at radius 1 is 1.16 bits per heavy atom. The van der Waals surface area contributed by atoms with E-state index in [0.29, 0.717) is 28.6 Å². The number of rotatable bonds is 10. The van der Waals surface area contributed by atoms with Gasteiger partial charge >= 0.3 is 0 Å². The van der Waals surface area contributed by atoms with Gasteiger partial charge in [-0.25, -0.2) is 4.39 Å². The average Bonchev–Trinajstić information content (AvgIpc) is 2.61. The maximum atomic E-state index is 13.7. The number of ether oxygens (including phenoxy) is 2. The predicted octanol–water partition coefficient (Wildman–Crippen LogP) is 3.77. The molecule has 136 valence electrons. The van der Waals surface area contributed by atoms with Crippen LogP contribution in [0.4, 0.5) is 4.39 Å². The molecular formula is C19H24ClFN2O2. The molecule has 0 bridgehead atoms. The Labute approximate surface area is 153 Å². The van der Waals surface area contributed by atoms with Gasteiger partial charge in [0.2, 0.25) is 0 Å². The van der Waals surface area contributed by atoms with Gasteiger partial charge in [0.25, 0.3) is 0 Å². The van der Waals surface area contributed by atoms with Crippen molar-refractivity contribution in [1.82, 2.24) is 10.6 Å². The minimum Gasteiger partial charge on any atom is -0.493 e. The largest absolute Gasteiger partial charge is 0.493 e. The first-order valence-electron chi connectivity index (χ1n) is 8.23. The van der Waals surface area contributed by atoms with E-state index in [9.17, 15) is 4.39 Å². The summed E-state index contributed by atoms with van der Waals surface area (Å²) in [5.74, 6) is 0.655. The minimum absolute atomic E-state index is 0.0877. The fourth-order valence-corrected chi connectivity index (χ4v) is 2.69. The Bertz CT molecular complexity index is 682. The molecule has 0 aliphatic rings. The molecule has 0 saturated carbocycles. The number of nitrogens with one attached hydrogen (secondary N) is 2. The molecule has 0 aromatic heterocycles. The number of hydrogen-bond donors (Lipinski definition) is 2. The smallest absolute Gasteiger partial charge is 0.180 e. The van der Waals surface area contributed by atoms with Crippen LogP contribution in [-0.2, 0) is 13.2 Å². The van der Waals surface area contributed by atoms with Crippen LogP contribution in [0.25, 0.3) is 0 Å². The standard InChI is InChI=1S/C19H24ClFN2O2/c1-22-8-5-9-23-12-14-10-16(20)19(18(11-14)24-2)25-13-15-6-3-4-7-17(15)21/h3-4,6-7,10-11,22-23H,5,8-9,12-13H2,1-2H3. The third-order valence-corrected chi connectivity index (χ3v) is 4.01. The molecule has 0 atom stereocenters. The number of halogens is 2. The van der Waals surface area contributed by atoms with Crippen LogP contribution in [0, 0.1) is 5.82 Å². The molecule has 0 aliphatic heterocycles. The minimum atomic E-state index is -0.306. The van der Waals surface area contributed by atoms with Gasteiger partial charge in [0.1, 0.15) is 12.4 Å². The zero-order valence-corrected chi connectivity index (χ0v) is 15.3. The van der Waals surface area contributed by atoms with Crippen LogP contribution in [0.2, 0.25) is 5.02 Å². The van der Waals surface area contributed by atoms with E-state index in [0.717, 1.165) is 25.1 Å². The van der Waals surface area contributed by atoms with E-state index in [1.54, 1.807) is 25.3 Å². The maximum absolute atomic E-state index is 13.7. The highest BCUT2D eigenvalue weighted by Gasteiger charge is 2.13. The summed E-state index contributed by atoms with van der Waals surface area (Å²) < 4.78 is 24.8. The summed E-state index contributed by atoms with van der Waals surface area (Å²) in [7, 11) is 3.50. The monoisotopic (exact) mass is 366 g/mol. The van der Waals surface area contributed by atoms with Gasteiger partial charge in [-0.05, 0) is 50.3 Å². The van der Waals surface area contributed by atoms with E-state index in [-0.39, 0.29) is 12.4 Å². The van der Waals surface area contributed by atoms with Crippen LogP contribution in [0.5, 0.6) is 11.5 Å². The summed E-state index contributed by atoms with van der Waals surface area (Å²) in [6.07, 6.45) is 1.05. The maximum Gasteiger partial charge on any atom is 0.180 e. The lowest BCUT2D eigenvalue weighted by Gasteiger charge is -2.15. The van der Waals surface area contributed by atoms with Gasteiger partial charge in [-0.2, -0.15) is 0 Å². The highest BCUT2D eigenvalue weighted by atomic mass is 35.5. The first kappa shape index (κ1) is 19.5. The van der Waals surface area contributed by atoms with Crippen molar-refractivity contribution < 1.29 is 13.9 Å². The molecule has 2 rings (SSSR count). The first-order chi connectivity index (χ1) is 12.2. The van der Waals surface area contributed by atoms with Crippen molar-refractivity contribution in [1.29, 1.82) is 0 Å². The third-order valence-electron chi connectivity index (χ3n) is 3.73. The van der Waals surface area contributed by atoms with Crippen molar-refractivity contribution in [2.45, 2.75) is 19.6 Å². The number of methoxy groups -OCH3 is 1. The molecule has 4 nitrogen and oxygen atoms in total. The number of benzene rings is 2. The van der Waals surface area contributed by atoms with Crippen molar-refractivity contribution >= 4 is 11.6 Å². The summed E-state index contributed by atoms with van der Waals surface area (Å²) in [6.45, 7) is 2.66. The second-order valence-corrected chi connectivity index (χ2v) is 6.03. The molecule has 2 aromatic rings.